The number of pyridine rings is 1. The number of sulfone groups is 1. The Balaban J connectivity index is 1.87. The molecule has 8 heteroatoms. The van der Waals surface area contributed by atoms with E-state index in [0.717, 1.165) is 17.5 Å². The van der Waals surface area contributed by atoms with E-state index >= 15 is 0 Å². The van der Waals surface area contributed by atoms with Crippen molar-refractivity contribution < 1.29 is 13.3 Å². The highest BCUT2D eigenvalue weighted by atomic mass is 32.2. The van der Waals surface area contributed by atoms with Crippen LogP contribution in [0.3, 0.4) is 0 Å². The first-order valence-corrected chi connectivity index (χ1v) is 9.29. The summed E-state index contributed by atoms with van der Waals surface area (Å²) in [7, 11) is -3.22. The summed E-state index contributed by atoms with van der Waals surface area (Å²) in [5.41, 5.74) is 1.65. The number of rotatable bonds is 5. The number of anilines is 1. The van der Waals surface area contributed by atoms with Gasteiger partial charge in [-0.2, -0.15) is 0 Å². The molecular weight excluding hydrogens is 342 g/mol. The van der Waals surface area contributed by atoms with Crippen LogP contribution >= 0.6 is 0 Å². The first-order valence-electron chi connectivity index (χ1n) is 7.40. The predicted molar refractivity (Wildman–Crippen MR) is 95.3 cm³/mol. The maximum atomic E-state index is 11.5. The summed E-state index contributed by atoms with van der Waals surface area (Å²) in [4.78, 5) is 14.9. The number of fused-ring (bicyclic) bond motifs is 1. The van der Waals surface area contributed by atoms with E-state index in [4.69, 9.17) is 0 Å². The van der Waals surface area contributed by atoms with E-state index in [9.17, 15) is 18.5 Å². The summed E-state index contributed by atoms with van der Waals surface area (Å²) >= 11 is 0. The van der Waals surface area contributed by atoms with Gasteiger partial charge in [-0.05, 0) is 29.8 Å². The van der Waals surface area contributed by atoms with Crippen molar-refractivity contribution in [3.63, 3.8) is 0 Å². The smallest absolute Gasteiger partial charge is 0.278 e. The molecule has 0 aliphatic heterocycles. The molecule has 0 amide bonds. The van der Waals surface area contributed by atoms with Crippen molar-refractivity contribution in [1.29, 1.82) is 0 Å². The highest BCUT2D eigenvalue weighted by Crippen LogP contribution is 2.30. The molecule has 0 unspecified atom stereocenters. The van der Waals surface area contributed by atoms with Gasteiger partial charge < -0.3 is 5.32 Å². The number of nitrogens with one attached hydrogen (secondary N) is 1. The molecule has 2 aromatic carbocycles. The molecule has 1 heterocycles. The van der Waals surface area contributed by atoms with E-state index in [2.05, 4.69) is 10.3 Å². The first kappa shape index (κ1) is 16.8. The Kier molecular flexibility index (Phi) is 4.37. The van der Waals surface area contributed by atoms with Crippen molar-refractivity contribution in [2.24, 2.45) is 0 Å². The molecule has 128 valence electrons. The molecule has 0 aliphatic rings. The van der Waals surface area contributed by atoms with Crippen molar-refractivity contribution in [3.8, 4) is 0 Å². The molecule has 0 bridgehead atoms. The zero-order chi connectivity index (χ0) is 18.0. The summed E-state index contributed by atoms with van der Waals surface area (Å²) in [6, 6.07) is 11.4. The minimum absolute atomic E-state index is 0.00570. The van der Waals surface area contributed by atoms with Gasteiger partial charge in [0.2, 0.25) is 0 Å². The van der Waals surface area contributed by atoms with Gasteiger partial charge in [-0.3, -0.25) is 15.1 Å². The van der Waals surface area contributed by atoms with Crippen LogP contribution in [0.25, 0.3) is 10.8 Å². The zero-order valence-electron chi connectivity index (χ0n) is 13.3. The van der Waals surface area contributed by atoms with Gasteiger partial charge >= 0.3 is 0 Å². The van der Waals surface area contributed by atoms with Gasteiger partial charge in [0.15, 0.2) is 9.84 Å². The second kappa shape index (κ2) is 6.48. The molecule has 0 fully saturated rings. The summed E-state index contributed by atoms with van der Waals surface area (Å²) < 4.78 is 23.0. The Labute approximate surface area is 144 Å². The first-order chi connectivity index (χ1) is 11.9. The molecule has 0 saturated heterocycles. The van der Waals surface area contributed by atoms with Crippen LogP contribution in [0.4, 0.5) is 11.4 Å². The second-order valence-corrected chi connectivity index (χ2v) is 7.60. The van der Waals surface area contributed by atoms with Crippen LogP contribution in [0.1, 0.15) is 5.56 Å². The number of nitro groups is 1. The molecule has 3 aromatic rings. The van der Waals surface area contributed by atoms with Gasteiger partial charge in [0.1, 0.15) is 0 Å². The maximum absolute atomic E-state index is 11.5. The molecule has 1 aromatic heterocycles. The Hall–Kier alpha value is -3.00. The topological polar surface area (TPSA) is 102 Å². The fraction of sp³-hybridized carbons (Fsp3) is 0.118. The monoisotopic (exact) mass is 357 g/mol. The van der Waals surface area contributed by atoms with E-state index < -0.39 is 14.8 Å². The summed E-state index contributed by atoms with van der Waals surface area (Å²) in [6.07, 6.45) is 4.22. The Morgan fingerprint density at radius 2 is 1.80 bits per heavy atom. The number of aromatic nitrogens is 1. The molecule has 0 saturated carbocycles. The lowest BCUT2D eigenvalue weighted by Crippen LogP contribution is -2.02. The lowest BCUT2D eigenvalue weighted by molar-refractivity contribution is -0.383. The van der Waals surface area contributed by atoms with Crippen LogP contribution in [0.5, 0.6) is 0 Å². The largest absolute Gasteiger partial charge is 0.380 e. The van der Waals surface area contributed by atoms with Crippen LogP contribution in [-0.4, -0.2) is 24.6 Å². The van der Waals surface area contributed by atoms with Crippen molar-refractivity contribution in [2.75, 3.05) is 11.6 Å². The third-order valence-electron chi connectivity index (χ3n) is 3.83. The highest BCUT2D eigenvalue weighted by molar-refractivity contribution is 7.90. The third kappa shape index (κ3) is 3.58. The molecule has 0 aliphatic carbocycles. The second-order valence-electron chi connectivity index (χ2n) is 5.58. The van der Waals surface area contributed by atoms with Gasteiger partial charge in [-0.25, -0.2) is 8.42 Å². The molecule has 1 N–H and O–H groups in total. The van der Waals surface area contributed by atoms with Gasteiger partial charge in [0.25, 0.3) is 5.69 Å². The molecule has 0 atom stereocenters. The lowest BCUT2D eigenvalue weighted by atomic mass is 10.1. The Bertz CT molecular complexity index is 1050. The van der Waals surface area contributed by atoms with E-state index in [0.29, 0.717) is 17.3 Å². The summed E-state index contributed by atoms with van der Waals surface area (Å²) in [5.74, 6) is 0. The average molecular weight is 357 g/mol. The van der Waals surface area contributed by atoms with Gasteiger partial charge in [0.05, 0.1) is 15.2 Å². The number of nitrogens with zero attached hydrogens (tertiary/aromatic N) is 2. The van der Waals surface area contributed by atoms with Crippen molar-refractivity contribution in [3.05, 3.63) is 70.5 Å². The third-order valence-corrected chi connectivity index (χ3v) is 4.95. The molecule has 25 heavy (non-hydrogen) atoms. The predicted octanol–water partition coefficient (Wildman–Crippen LogP) is 3.16. The quantitative estimate of drug-likeness (QED) is 0.556. The fourth-order valence-electron chi connectivity index (χ4n) is 2.54. The number of nitro benzene ring substituents is 1. The van der Waals surface area contributed by atoms with Crippen LogP contribution in [0.15, 0.2) is 59.8 Å². The lowest BCUT2D eigenvalue weighted by Gasteiger charge is -2.10. The highest BCUT2D eigenvalue weighted by Gasteiger charge is 2.14. The molecule has 3 rings (SSSR count). The van der Waals surface area contributed by atoms with Crippen molar-refractivity contribution >= 4 is 32.0 Å². The van der Waals surface area contributed by atoms with E-state index in [1.54, 1.807) is 42.6 Å². The minimum Gasteiger partial charge on any atom is -0.380 e. The fourth-order valence-corrected chi connectivity index (χ4v) is 3.17. The Morgan fingerprint density at radius 1 is 1.08 bits per heavy atom. The van der Waals surface area contributed by atoms with Crippen LogP contribution in [0, 0.1) is 10.1 Å². The van der Waals surface area contributed by atoms with Gasteiger partial charge in [0, 0.05) is 42.3 Å². The number of hydrogen-bond donors (Lipinski definition) is 1. The minimum atomic E-state index is -3.22. The summed E-state index contributed by atoms with van der Waals surface area (Å²) in [5, 5.41) is 15.5. The standard InChI is InChI=1S/C17H15N3O4S/c1-25(23,24)13-4-2-12(3-5-13)10-19-16-6-7-17(20(21)22)15-11-18-9-8-14(15)16/h2-9,11,19H,10H2,1H3. The van der Waals surface area contributed by atoms with Gasteiger partial charge in [-0.1, -0.05) is 12.1 Å². The van der Waals surface area contributed by atoms with E-state index in [1.807, 2.05) is 0 Å². The van der Waals surface area contributed by atoms with Crippen molar-refractivity contribution in [2.45, 2.75) is 11.4 Å². The van der Waals surface area contributed by atoms with Crippen molar-refractivity contribution in [1.82, 2.24) is 4.98 Å². The Morgan fingerprint density at radius 3 is 2.44 bits per heavy atom. The number of non-ortho nitro benzene ring substituents is 1. The van der Waals surface area contributed by atoms with Crippen LogP contribution in [0.2, 0.25) is 0 Å². The van der Waals surface area contributed by atoms with Crippen LogP contribution in [-0.2, 0) is 16.4 Å². The zero-order valence-corrected chi connectivity index (χ0v) is 14.2. The van der Waals surface area contributed by atoms with E-state index in [1.165, 1.54) is 12.3 Å². The van der Waals surface area contributed by atoms with Crippen LogP contribution < -0.4 is 5.32 Å². The molecule has 7 nitrogen and oxygen atoms in total. The molecular formula is C17H15N3O4S. The number of benzene rings is 2. The molecule has 0 spiro atoms. The molecule has 0 radical (unpaired) electrons. The average Bonchev–Trinajstić information content (AvgIpc) is 2.59. The van der Waals surface area contributed by atoms with E-state index in [-0.39, 0.29) is 10.6 Å². The maximum Gasteiger partial charge on any atom is 0.278 e. The van der Waals surface area contributed by atoms with Gasteiger partial charge in [-0.15, -0.1) is 0 Å². The normalized spacial score (nSPS) is 11.4. The summed E-state index contributed by atoms with van der Waals surface area (Å²) in [6.45, 7) is 0.458. The SMILES string of the molecule is CS(=O)(=O)c1ccc(CNc2ccc([N+](=O)[O-])c3cnccc23)cc1. The number of hydrogen-bond acceptors (Lipinski definition) is 6.